The van der Waals surface area contributed by atoms with Gasteiger partial charge in [0.05, 0.1) is 18.4 Å². The summed E-state index contributed by atoms with van der Waals surface area (Å²) >= 11 is 0. The van der Waals surface area contributed by atoms with E-state index in [1.54, 1.807) is 13.0 Å². The fourth-order valence-corrected chi connectivity index (χ4v) is 1.81. The highest BCUT2D eigenvalue weighted by molar-refractivity contribution is 6.18. The summed E-state index contributed by atoms with van der Waals surface area (Å²) in [6.45, 7) is 3.49. The Bertz CT molecular complexity index is 672. The molecule has 0 aliphatic carbocycles. The number of ether oxygens (including phenoxy) is 1. The predicted octanol–water partition coefficient (Wildman–Crippen LogP) is 2.65. The van der Waals surface area contributed by atoms with Gasteiger partial charge in [-0.1, -0.05) is 30.3 Å². The third-order valence-corrected chi connectivity index (χ3v) is 2.80. The van der Waals surface area contributed by atoms with E-state index in [1.807, 2.05) is 30.3 Å². The zero-order valence-corrected chi connectivity index (χ0v) is 11.9. The molecule has 0 amide bonds. The minimum absolute atomic E-state index is 0.141. The number of rotatable bonds is 5. The Morgan fingerprint density at radius 1 is 1.29 bits per heavy atom. The van der Waals surface area contributed by atoms with Gasteiger partial charge < -0.3 is 4.74 Å². The maximum atomic E-state index is 11.8. The average molecular weight is 284 g/mol. The quantitative estimate of drug-likeness (QED) is 0.625. The SMILES string of the molecule is CCOC(=O)c1cnn(/C(=C\c2ccccc2)C(C)=O)c1. The molecular formula is C16H16N2O3. The van der Waals surface area contributed by atoms with Gasteiger partial charge in [0.2, 0.25) is 0 Å². The first kappa shape index (κ1) is 14.7. The summed E-state index contributed by atoms with van der Waals surface area (Å²) in [7, 11) is 0. The molecule has 0 spiro atoms. The summed E-state index contributed by atoms with van der Waals surface area (Å²) in [5, 5.41) is 4.06. The second-order valence-corrected chi connectivity index (χ2v) is 4.39. The summed E-state index contributed by atoms with van der Waals surface area (Å²) < 4.78 is 6.29. The lowest BCUT2D eigenvalue weighted by atomic mass is 10.1. The fourth-order valence-electron chi connectivity index (χ4n) is 1.81. The largest absolute Gasteiger partial charge is 0.462 e. The minimum Gasteiger partial charge on any atom is -0.462 e. The van der Waals surface area contributed by atoms with Crippen LogP contribution in [0, 0.1) is 0 Å². The molecule has 0 atom stereocenters. The molecule has 0 aliphatic heterocycles. The molecule has 2 aromatic rings. The number of hydrogen-bond acceptors (Lipinski definition) is 4. The molecule has 108 valence electrons. The van der Waals surface area contributed by atoms with Gasteiger partial charge in [-0.2, -0.15) is 5.10 Å². The second-order valence-electron chi connectivity index (χ2n) is 4.39. The summed E-state index contributed by atoms with van der Waals surface area (Å²) in [5.74, 6) is -0.594. The molecule has 0 unspecified atom stereocenters. The minimum atomic E-state index is -0.452. The lowest BCUT2D eigenvalue weighted by Crippen LogP contribution is -2.06. The monoisotopic (exact) mass is 284 g/mol. The van der Waals surface area contributed by atoms with Gasteiger partial charge in [-0.15, -0.1) is 0 Å². The van der Waals surface area contributed by atoms with Gasteiger partial charge in [0.15, 0.2) is 5.78 Å². The number of hydrogen-bond donors (Lipinski definition) is 0. The molecular weight excluding hydrogens is 268 g/mol. The zero-order valence-electron chi connectivity index (χ0n) is 11.9. The second kappa shape index (κ2) is 6.65. The number of esters is 1. The first-order chi connectivity index (χ1) is 10.1. The van der Waals surface area contributed by atoms with Crippen molar-refractivity contribution in [2.75, 3.05) is 6.61 Å². The number of carbonyl (C=O) groups is 2. The Hall–Kier alpha value is -2.69. The molecule has 0 N–H and O–H groups in total. The standard InChI is InChI=1S/C16H16N2O3/c1-3-21-16(20)14-10-17-18(11-14)15(12(2)19)9-13-7-5-4-6-8-13/h4-11H,3H2,1-2H3/b15-9-. The molecule has 5 heteroatoms. The first-order valence-corrected chi connectivity index (χ1v) is 6.61. The Balaban J connectivity index is 2.34. The molecule has 1 aromatic heterocycles. The number of carbonyl (C=O) groups excluding carboxylic acids is 2. The van der Waals surface area contributed by atoms with Crippen molar-refractivity contribution in [3.8, 4) is 0 Å². The van der Waals surface area contributed by atoms with Crippen LogP contribution in [0.25, 0.3) is 11.8 Å². The van der Waals surface area contributed by atoms with Gasteiger partial charge in [-0.25, -0.2) is 9.48 Å². The van der Waals surface area contributed by atoms with Gasteiger partial charge in [0, 0.05) is 13.1 Å². The van der Waals surface area contributed by atoms with Crippen molar-refractivity contribution in [3.63, 3.8) is 0 Å². The van der Waals surface area contributed by atoms with E-state index >= 15 is 0 Å². The van der Waals surface area contributed by atoms with Gasteiger partial charge in [-0.05, 0) is 18.6 Å². The molecule has 5 nitrogen and oxygen atoms in total. The summed E-state index contributed by atoms with van der Waals surface area (Å²) in [6.07, 6.45) is 4.61. The van der Waals surface area contributed by atoms with Crippen LogP contribution in [-0.4, -0.2) is 28.1 Å². The van der Waals surface area contributed by atoms with Crippen molar-refractivity contribution in [1.82, 2.24) is 9.78 Å². The van der Waals surface area contributed by atoms with E-state index in [0.29, 0.717) is 17.9 Å². The molecule has 0 bridgehead atoms. The molecule has 0 fully saturated rings. The van der Waals surface area contributed by atoms with Gasteiger partial charge in [0.1, 0.15) is 5.70 Å². The number of ketones is 1. The summed E-state index contributed by atoms with van der Waals surface area (Å²) in [5.41, 5.74) is 1.59. The van der Waals surface area contributed by atoms with Gasteiger partial charge in [-0.3, -0.25) is 4.79 Å². The lowest BCUT2D eigenvalue weighted by molar-refractivity contribution is -0.112. The van der Waals surface area contributed by atoms with E-state index in [1.165, 1.54) is 24.0 Å². The smallest absolute Gasteiger partial charge is 0.341 e. The molecule has 0 aliphatic rings. The first-order valence-electron chi connectivity index (χ1n) is 6.61. The van der Waals surface area contributed by atoms with Crippen molar-refractivity contribution >= 4 is 23.5 Å². The van der Waals surface area contributed by atoms with Crippen LogP contribution in [0.3, 0.4) is 0 Å². The van der Waals surface area contributed by atoms with E-state index < -0.39 is 5.97 Å². The van der Waals surface area contributed by atoms with E-state index in [2.05, 4.69) is 5.10 Å². The Morgan fingerprint density at radius 2 is 2.00 bits per heavy atom. The third-order valence-electron chi connectivity index (χ3n) is 2.80. The summed E-state index contributed by atoms with van der Waals surface area (Å²) in [4.78, 5) is 23.4. The van der Waals surface area contributed by atoms with Crippen LogP contribution in [-0.2, 0) is 9.53 Å². The topological polar surface area (TPSA) is 61.2 Å². The predicted molar refractivity (Wildman–Crippen MR) is 79.5 cm³/mol. The van der Waals surface area contributed by atoms with Crippen molar-refractivity contribution in [2.24, 2.45) is 0 Å². The molecule has 1 aromatic carbocycles. The lowest BCUT2D eigenvalue weighted by Gasteiger charge is -2.04. The van der Waals surface area contributed by atoms with E-state index in [-0.39, 0.29) is 5.78 Å². The maximum absolute atomic E-state index is 11.8. The normalized spacial score (nSPS) is 11.2. The van der Waals surface area contributed by atoms with Crippen LogP contribution in [0.4, 0.5) is 0 Å². The Kier molecular flexibility index (Phi) is 4.66. The number of aromatic nitrogens is 2. The zero-order chi connectivity index (χ0) is 15.2. The highest BCUT2D eigenvalue weighted by atomic mass is 16.5. The number of Topliss-reactive ketones (excluding diaryl/α,β-unsaturated/α-hetero) is 1. The maximum Gasteiger partial charge on any atom is 0.341 e. The van der Waals surface area contributed by atoms with E-state index in [0.717, 1.165) is 5.56 Å². The van der Waals surface area contributed by atoms with Crippen molar-refractivity contribution in [1.29, 1.82) is 0 Å². The van der Waals surface area contributed by atoms with Crippen molar-refractivity contribution < 1.29 is 14.3 Å². The molecule has 1 heterocycles. The van der Waals surface area contributed by atoms with Gasteiger partial charge >= 0.3 is 5.97 Å². The van der Waals surface area contributed by atoms with Crippen molar-refractivity contribution in [2.45, 2.75) is 13.8 Å². The van der Waals surface area contributed by atoms with E-state index in [4.69, 9.17) is 4.74 Å². The fraction of sp³-hybridized carbons (Fsp3) is 0.188. The Morgan fingerprint density at radius 3 is 2.62 bits per heavy atom. The van der Waals surface area contributed by atoms with Crippen LogP contribution in [0.5, 0.6) is 0 Å². The average Bonchev–Trinajstić information content (AvgIpc) is 2.95. The van der Waals surface area contributed by atoms with Crippen LogP contribution >= 0.6 is 0 Å². The van der Waals surface area contributed by atoms with Crippen LogP contribution in [0.15, 0.2) is 42.7 Å². The molecule has 0 saturated heterocycles. The number of benzene rings is 1. The highest BCUT2D eigenvalue weighted by Gasteiger charge is 2.13. The molecule has 2 rings (SSSR count). The molecule has 0 saturated carbocycles. The van der Waals surface area contributed by atoms with Gasteiger partial charge in [0.25, 0.3) is 0 Å². The van der Waals surface area contributed by atoms with Crippen LogP contribution in [0.2, 0.25) is 0 Å². The molecule has 0 radical (unpaired) electrons. The summed E-state index contributed by atoms with van der Waals surface area (Å²) in [6, 6.07) is 9.45. The molecule has 21 heavy (non-hydrogen) atoms. The van der Waals surface area contributed by atoms with Crippen LogP contribution in [0.1, 0.15) is 29.8 Å². The van der Waals surface area contributed by atoms with E-state index in [9.17, 15) is 9.59 Å². The van der Waals surface area contributed by atoms with Crippen LogP contribution < -0.4 is 0 Å². The number of nitrogens with zero attached hydrogens (tertiary/aromatic N) is 2. The highest BCUT2D eigenvalue weighted by Crippen LogP contribution is 2.13. The van der Waals surface area contributed by atoms with Crippen molar-refractivity contribution in [3.05, 3.63) is 53.9 Å². The Labute approximate surface area is 122 Å². The third kappa shape index (κ3) is 3.66. The number of allylic oxidation sites excluding steroid dienone is 1.